The number of halogens is 1. The van der Waals surface area contributed by atoms with Gasteiger partial charge in [0, 0.05) is 5.56 Å². The molecule has 0 bridgehead atoms. The summed E-state index contributed by atoms with van der Waals surface area (Å²) in [5, 5.41) is 10.5. The Kier molecular flexibility index (Phi) is 6.37. The first kappa shape index (κ1) is 16.6. The molecule has 1 aromatic carbocycles. The monoisotopic (exact) mass is 356 g/mol. The van der Waals surface area contributed by atoms with Gasteiger partial charge >= 0.3 is 0 Å². The van der Waals surface area contributed by atoms with E-state index in [0.29, 0.717) is 5.75 Å². The maximum absolute atomic E-state index is 10.5. The molecule has 0 saturated heterocycles. The Labute approximate surface area is 135 Å². The van der Waals surface area contributed by atoms with Gasteiger partial charge in [0.25, 0.3) is 0 Å². The molecule has 2 rings (SSSR count). The van der Waals surface area contributed by atoms with Gasteiger partial charge in [-0.05, 0) is 46.8 Å². The molecule has 118 valence electrons. The topological polar surface area (TPSA) is 38.7 Å². The van der Waals surface area contributed by atoms with Crippen LogP contribution in [-0.4, -0.2) is 19.3 Å². The van der Waals surface area contributed by atoms with Crippen molar-refractivity contribution < 1.29 is 14.6 Å². The zero-order chi connectivity index (χ0) is 15.2. The molecule has 0 aromatic heterocycles. The molecule has 0 radical (unpaired) electrons. The zero-order valence-electron chi connectivity index (χ0n) is 12.9. The summed E-state index contributed by atoms with van der Waals surface area (Å²) in [5.41, 5.74) is 0.813. The molecule has 0 amide bonds. The Morgan fingerprint density at radius 1 is 1.14 bits per heavy atom. The lowest BCUT2D eigenvalue weighted by Gasteiger charge is -2.23. The number of hydrogen-bond donors (Lipinski definition) is 1. The molecule has 0 spiro atoms. The highest BCUT2D eigenvalue weighted by molar-refractivity contribution is 9.10. The molecule has 21 heavy (non-hydrogen) atoms. The van der Waals surface area contributed by atoms with E-state index < -0.39 is 6.10 Å². The molecule has 1 fully saturated rings. The third-order valence-electron chi connectivity index (χ3n) is 4.44. The molecule has 1 aliphatic carbocycles. The number of rotatable bonds is 6. The van der Waals surface area contributed by atoms with E-state index in [0.717, 1.165) is 34.5 Å². The summed E-state index contributed by atoms with van der Waals surface area (Å²) in [4.78, 5) is 0. The van der Waals surface area contributed by atoms with Crippen molar-refractivity contribution in [3.05, 3.63) is 22.2 Å². The Balaban J connectivity index is 2.04. The van der Waals surface area contributed by atoms with E-state index >= 15 is 0 Å². The lowest BCUT2D eigenvalue weighted by Crippen LogP contribution is -2.09. The first-order valence-corrected chi connectivity index (χ1v) is 8.54. The number of ether oxygens (including phenoxy) is 2. The largest absolute Gasteiger partial charge is 0.496 e. The minimum Gasteiger partial charge on any atom is -0.496 e. The van der Waals surface area contributed by atoms with E-state index in [1.54, 1.807) is 14.2 Å². The van der Waals surface area contributed by atoms with E-state index in [2.05, 4.69) is 15.9 Å². The van der Waals surface area contributed by atoms with Crippen LogP contribution in [0.15, 0.2) is 16.6 Å². The van der Waals surface area contributed by atoms with Crippen LogP contribution < -0.4 is 9.47 Å². The SMILES string of the molecule is COc1cc(C(O)CCC2CCCCC2)c(OC)cc1Br. The van der Waals surface area contributed by atoms with Crippen LogP contribution in [0.5, 0.6) is 11.5 Å². The maximum atomic E-state index is 10.5. The van der Waals surface area contributed by atoms with Gasteiger partial charge in [0.05, 0.1) is 24.8 Å². The number of hydrogen-bond acceptors (Lipinski definition) is 3. The number of aliphatic hydroxyl groups excluding tert-OH is 1. The normalized spacial score (nSPS) is 17.5. The predicted octanol–water partition coefficient (Wildman–Crippen LogP) is 4.86. The fourth-order valence-electron chi connectivity index (χ4n) is 3.17. The fraction of sp³-hybridized carbons (Fsp3) is 0.647. The summed E-state index contributed by atoms with van der Waals surface area (Å²) in [6.45, 7) is 0. The summed E-state index contributed by atoms with van der Waals surface area (Å²) in [7, 11) is 3.26. The second kappa shape index (κ2) is 8.04. The quantitative estimate of drug-likeness (QED) is 0.790. The standard InChI is InChI=1S/C17H25BrO3/c1-20-16-11-14(18)17(21-2)10-13(16)15(19)9-8-12-6-4-3-5-7-12/h10-12,15,19H,3-9H2,1-2H3. The summed E-state index contributed by atoms with van der Waals surface area (Å²) in [6.07, 6.45) is 8.06. The van der Waals surface area contributed by atoms with Crippen molar-refractivity contribution in [3.63, 3.8) is 0 Å². The molecule has 0 aliphatic heterocycles. The van der Waals surface area contributed by atoms with Gasteiger partial charge in [0.1, 0.15) is 11.5 Å². The van der Waals surface area contributed by atoms with Crippen molar-refractivity contribution in [2.24, 2.45) is 5.92 Å². The summed E-state index contributed by atoms with van der Waals surface area (Å²) in [6, 6.07) is 3.73. The molecular weight excluding hydrogens is 332 g/mol. The molecule has 1 unspecified atom stereocenters. The van der Waals surface area contributed by atoms with E-state index in [1.165, 1.54) is 32.1 Å². The van der Waals surface area contributed by atoms with Crippen LogP contribution in [0, 0.1) is 5.92 Å². The highest BCUT2D eigenvalue weighted by atomic mass is 79.9. The van der Waals surface area contributed by atoms with Crippen molar-refractivity contribution in [1.29, 1.82) is 0 Å². The average molecular weight is 357 g/mol. The molecular formula is C17H25BrO3. The van der Waals surface area contributed by atoms with Crippen molar-refractivity contribution >= 4 is 15.9 Å². The number of aliphatic hydroxyl groups is 1. The fourth-order valence-corrected chi connectivity index (χ4v) is 3.65. The summed E-state index contributed by atoms with van der Waals surface area (Å²) in [5.74, 6) is 2.21. The van der Waals surface area contributed by atoms with Crippen LogP contribution in [0.25, 0.3) is 0 Å². The van der Waals surface area contributed by atoms with E-state index in [4.69, 9.17) is 9.47 Å². The maximum Gasteiger partial charge on any atom is 0.133 e. The van der Waals surface area contributed by atoms with Crippen LogP contribution in [0.1, 0.15) is 56.6 Å². The van der Waals surface area contributed by atoms with E-state index in [-0.39, 0.29) is 0 Å². The predicted molar refractivity (Wildman–Crippen MR) is 88.0 cm³/mol. The van der Waals surface area contributed by atoms with Gasteiger partial charge in [-0.15, -0.1) is 0 Å². The molecule has 0 heterocycles. The van der Waals surface area contributed by atoms with Gasteiger partial charge in [-0.25, -0.2) is 0 Å². The van der Waals surface area contributed by atoms with Crippen LogP contribution in [0.4, 0.5) is 0 Å². The highest BCUT2D eigenvalue weighted by Crippen LogP contribution is 2.38. The Morgan fingerprint density at radius 2 is 1.81 bits per heavy atom. The van der Waals surface area contributed by atoms with Crippen molar-refractivity contribution in [2.75, 3.05) is 14.2 Å². The van der Waals surface area contributed by atoms with Gasteiger partial charge in [-0.1, -0.05) is 32.1 Å². The summed E-state index contributed by atoms with van der Waals surface area (Å²) >= 11 is 3.45. The second-order valence-corrected chi connectivity index (χ2v) is 6.68. The molecule has 1 N–H and O–H groups in total. The smallest absolute Gasteiger partial charge is 0.133 e. The number of methoxy groups -OCH3 is 2. The minimum atomic E-state index is -0.496. The van der Waals surface area contributed by atoms with Crippen molar-refractivity contribution in [1.82, 2.24) is 0 Å². The van der Waals surface area contributed by atoms with Crippen LogP contribution in [0.3, 0.4) is 0 Å². The van der Waals surface area contributed by atoms with Gasteiger partial charge in [-0.3, -0.25) is 0 Å². The Morgan fingerprint density at radius 3 is 2.43 bits per heavy atom. The van der Waals surface area contributed by atoms with Gasteiger partial charge in [0.15, 0.2) is 0 Å². The third-order valence-corrected chi connectivity index (χ3v) is 5.06. The van der Waals surface area contributed by atoms with Crippen LogP contribution in [0.2, 0.25) is 0 Å². The molecule has 4 heteroatoms. The molecule has 1 aliphatic rings. The third kappa shape index (κ3) is 4.36. The minimum absolute atomic E-state index is 0.496. The highest BCUT2D eigenvalue weighted by Gasteiger charge is 2.20. The molecule has 1 aromatic rings. The average Bonchev–Trinajstić information content (AvgIpc) is 2.53. The van der Waals surface area contributed by atoms with Gasteiger partial charge < -0.3 is 14.6 Å². The van der Waals surface area contributed by atoms with Gasteiger partial charge in [0.2, 0.25) is 0 Å². The van der Waals surface area contributed by atoms with Gasteiger partial charge in [-0.2, -0.15) is 0 Å². The van der Waals surface area contributed by atoms with Crippen LogP contribution >= 0.6 is 15.9 Å². The molecule has 3 nitrogen and oxygen atoms in total. The first-order valence-electron chi connectivity index (χ1n) is 7.75. The lowest BCUT2D eigenvalue weighted by molar-refractivity contribution is 0.147. The Hall–Kier alpha value is -0.740. The van der Waals surface area contributed by atoms with E-state index in [1.807, 2.05) is 12.1 Å². The van der Waals surface area contributed by atoms with Crippen molar-refractivity contribution in [3.8, 4) is 11.5 Å². The number of benzene rings is 1. The second-order valence-electron chi connectivity index (χ2n) is 5.83. The zero-order valence-corrected chi connectivity index (χ0v) is 14.5. The summed E-state index contributed by atoms with van der Waals surface area (Å²) < 4.78 is 11.5. The Bertz CT molecular complexity index is 456. The lowest BCUT2D eigenvalue weighted by atomic mass is 9.85. The molecule has 1 atom stereocenters. The van der Waals surface area contributed by atoms with E-state index in [9.17, 15) is 5.11 Å². The first-order chi connectivity index (χ1) is 10.2. The van der Waals surface area contributed by atoms with Crippen molar-refractivity contribution in [2.45, 2.75) is 51.0 Å². The van der Waals surface area contributed by atoms with Crippen LogP contribution in [-0.2, 0) is 0 Å². The molecule has 1 saturated carbocycles.